The molecule has 110 valence electrons. The summed E-state index contributed by atoms with van der Waals surface area (Å²) in [5, 5.41) is 10.9. The molecule has 1 atom stereocenters. The fourth-order valence-electron chi connectivity index (χ4n) is 1.78. The lowest BCUT2D eigenvalue weighted by Crippen LogP contribution is -2.01. The first-order chi connectivity index (χ1) is 10.0. The van der Waals surface area contributed by atoms with Gasteiger partial charge in [-0.1, -0.05) is 26.0 Å². The smallest absolute Gasteiger partial charge is 0.349 e. The number of ether oxygens (including phenoxy) is 1. The Balaban J connectivity index is 2.26. The molecule has 1 aromatic carbocycles. The highest BCUT2D eigenvalue weighted by atomic mass is 16.6. The first kappa shape index (κ1) is 14.7. The lowest BCUT2D eigenvalue weighted by molar-refractivity contribution is -0.386. The van der Waals surface area contributed by atoms with E-state index in [2.05, 4.69) is 23.8 Å². The number of rotatable bonds is 5. The monoisotopic (exact) mass is 288 g/mol. The van der Waals surface area contributed by atoms with Gasteiger partial charge in [-0.15, -0.1) is 0 Å². The van der Waals surface area contributed by atoms with Crippen LogP contribution in [0.15, 0.2) is 30.5 Å². The normalized spacial score (nSPS) is 11.9. The standard InChI is InChI=1S/C14H16N4O3/c1-3-9(2)10-4-6-11(7-5-10)21-13-12(18(19)20)8-16-14(15)17-13/h4-9H,3H2,1-2H3,(H2,15,16,17). The molecule has 0 aliphatic rings. The van der Waals surface area contributed by atoms with Crippen LogP contribution in [0.1, 0.15) is 31.7 Å². The van der Waals surface area contributed by atoms with Gasteiger partial charge in [0.2, 0.25) is 5.95 Å². The largest absolute Gasteiger partial charge is 0.434 e. The number of benzene rings is 1. The molecule has 1 aromatic heterocycles. The fraction of sp³-hybridized carbons (Fsp3) is 0.286. The molecule has 7 heteroatoms. The quantitative estimate of drug-likeness (QED) is 0.668. The molecule has 2 aromatic rings. The van der Waals surface area contributed by atoms with Gasteiger partial charge in [-0.25, -0.2) is 4.98 Å². The van der Waals surface area contributed by atoms with Gasteiger partial charge in [0, 0.05) is 0 Å². The van der Waals surface area contributed by atoms with E-state index >= 15 is 0 Å². The molecule has 0 saturated heterocycles. The molecule has 0 fully saturated rings. The number of hydrogen-bond acceptors (Lipinski definition) is 6. The van der Waals surface area contributed by atoms with Crippen LogP contribution in [0.3, 0.4) is 0 Å². The van der Waals surface area contributed by atoms with Gasteiger partial charge in [0.15, 0.2) is 0 Å². The molecular weight excluding hydrogens is 272 g/mol. The zero-order valence-corrected chi connectivity index (χ0v) is 11.8. The Morgan fingerprint density at radius 3 is 2.62 bits per heavy atom. The highest BCUT2D eigenvalue weighted by Crippen LogP contribution is 2.30. The van der Waals surface area contributed by atoms with Crippen molar-refractivity contribution < 1.29 is 9.66 Å². The number of nitrogens with two attached hydrogens (primary N) is 1. The van der Waals surface area contributed by atoms with Gasteiger partial charge in [0.1, 0.15) is 11.9 Å². The Labute approximate surface area is 121 Å². The molecule has 2 rings (SSSR count). The average molecular weight is 288 g/mol. The van der Waals surface area contributed by atoms with Crippen LogP contribution < -0.4 is 10.5 Å². The number of nitrogens with zero attached hydrogens (tertiary/aromatic N) is 3. The van der Waals surface area contributed by atoms with Gasteiger partial charge in [0.05, 0.1) is 4.92 Å². The Morgan fingerprint density at radius 1 is 1.38 bits per heavy atom. The first-order valence-electron chi connectivity index (χ1n) is 6.56. The van der Waals surface area contributed by atoms with E-state index in [0.717, 1.165) is 12.6 Å². The highest BCUT2D eigenvalue weighted by molar-refractivity contribution is 5.44. The van der Waals surface area contributed by atoms with Crippen LogP contribution in [0, 0.1) is 10.1 Å². The van der Waals surface area contributed by atoms with E-state index in [1.54, 1.807) is 12.1 Å². The second-order valence-corrected chi connectivity index (χ2v) is 4.66. The minimum Gasteiger partial charge on any atom is -0.434 e. The number of nitro groups is 1. The maximum Gasteiger partial charge on any atom is 0.349 e. The maximum absolute atomic E-state index is 10.9. The van der Waals surface area contributed by atoms with Crippen LogP contribution in [0.2, 0.25) is 0 Å². The van der Waals surface area contributed by atoms with Gasteiger partial charge < -0.3 is 10.5 Å². The van der Waals surface area contributed by atoms with Gasteiger partial charge >= 0.3 is 11.6 Å². The van der Waals surface area contributed by atoms with Crippen molar-refractivity contribution >= 4 is 11.6 Å². The second kappa shape index (κ2) is 6.17. The Bertz CT molecular complexity index is 643. The van der Waals surface area contributed by atoms with Crippen LogP contribution in [0.25, 0.3) is 0 Å². The summed E-state index contributed by atoms with van der Waals surface area (Å²) in [6.07, 6.45) is 2.07. The van der Waals surface area contributed by atoms with Gasteiger partial charge in [-0.05, 0) is 30.0 Å². The van der Waals surface area contributed by atoms with E-state index in [-0.39, 0.29) is 17.5 Å². The maximum atomic E-state index is 10.9. The third-order valence-electron chi connectivity index (χ3n) is 3.23. The average Bonchev–Trinajstić information content (AvgIpc) is 2.47. The Kier molecular flexibility index (Phi) is 4.32. The minimum absolute atomic E-state index is 0.0770. The third kappa shape index (κ3) is 3.44. The molecule has 0 bridgehead atoms. The van der Waals surface area contributed by atoms with Crippen molar-refractivity contribution in [2.24, 2.45) is 0 Å². The summed E-state index contributed by atoms with van der Waals surface area (Å²) in [4.78, 5) is 17.7. The second-order valence-electron chi connectivity index (χ2n) is 4.66. The third-order valence-corrected chi connectivity index (χ3v) is 3.23. The SMILES string of the molecule is CCC(C)c1ccc(Oc2nc(N)ncc2[N+](=O)[O-])cc1. The summed E-state index contributed by atoms with van der Waals surface area (Å²) < 4.78 is 5.45. The predicted molar refractivity (Wildman–Crippen MR) is 78.3 cm³/mol. The van der Waals surface area contributed by atoms with Gasteiger partial charge in [0.25, 0.3) is 0 Å². The van der Waals surface area contributed by atoms with Gasteiger partial charge in [-0.2, -0.15) is 4.98 Å². The highest BCUT2D eigenvalue weighted by Gasteiger charge is 2.19. The summed E-state index contributed by atoms with van der Waals surface area (Å²) in [5.74, 6) is 0.668. The van der Waals surface area contributed by atoms with E-state index in [1.807, 2.05) is 12.1 Å². The van der Waals surface area contributed by atoms with Crippen LogP contribution >= 0.6 is 0 Å². The number of hydrogen-bond donors (Lipinski definition) is 1. The molecule has 0 aliphatic carbocycles. The van der Waals surface area contributed by atoms with Crippen molar-refractivity contribution in [3.05, 3.63) is 46.1 Å². The molecule has 0 saturated carbocycles. The first-order valence-corrected chi connectivity index (χ1v) is 6.56. The van der Waals surface area contributed by atoms with E-state index < -0.39 is 4.92 Å². The van der Waals surface area contributed by atoms with Crippen molar-refractivity contribution in [2.75, 3.05) is 5.73 Å². The number of anilines is 1. The van der Waals surface area contributed by atoms with Crippen LogP contribution in [-0.2, 0) is 0 Å². The molecule has 0 amide bonds. The van der Waals surface area contributed by atoms with E-state index in [9.17, 15) is 10.1 Å². The molecule has 0 aliphatic heterocycles. The van der Waals surface area contributed by atoms with Crippen molar-refractivity contribution in [3.63, 3.8) is 0 Å². The molecule has 2 N–H and O–H groups in total. The summed E-state index contributed by atoms with van der Waals surface area (Å²) in [6.45, 7) is 4.24. The minimum atomic E-state index is -0.609. The number of aromatic nitrogens is 2. The summed E-state index contributed by atoms with van der Waals surface area (Å²) in [7, 11) is 0. The van der Waals surface area contributed by atoms with Crippen molar-refractivity contribution in [1.82, 2.24) is 9.97 Å². The molecular formula is C14H16N4O3. The van der Waals surface area contributed by atoms with Crippen molar-refractivity contribution in [3.8, 4) is 11.6 Å². The zero-order chi connectivity index (χ0) is 15.4. The summed E-state index contributed by atoms with van der Waals surface area (Å²) in [6, 6.07) is 7.37. The van der Waals surface area contributed by atoms with Gasteiger partial charge in [-0.3, -0.25) is 10.1 Å². The topological polar surface area (TPSA) is 104 Å². The number of nitrogen functional groups attached to an aromatic ring is 1. The Hall–Kier alpha value is -2.70. The van der Waals surface area contributed by atoms with Crippen molar-refractivity contribution in [2.45, 2.75) is 26.2 Å². The molecule has 0 spiro atoms. The summed E-state index contributed by atoms with van der Waals surface area (Å²) in [5.41, 5.74) is 6.30. The van der Waals surface area contributed by atoms with E-state index in [0.29, 0.717) is 11.7 Å². The van der Waals surface area contributed by atoms with E-state index in [4.69, 9.17) is 10.5 Å². The zero-order valence-electron chi connectivity index (χ0n) is 11.8. The molecule has 1 heterocycles. The molecule has 21 heavy (non-hydrogen) atoms. The lowest BCUT2D eigenvalue weighted by atomic mass is 9.99. The molecule has 0 radical (unpaired) electrons. The molecule has 7 nitrogen and oxygen atoms in total. The van der Waals surface area contributed by atoms with Crippen molar-refractivity contribution in [1.29, 1.82) is 0 Å². The Morgan fingerprint density at radius 2 is 2.05 bits per heavy atom. The van der Waals surface area contributed by atoms with Crippen LogP contribution in [0.4, 0.5) is 11.6 Å². The fourth-order valence-corrected chi connectivity index (χ4v) is 1.78. The molecule has 1 unspecified atom stereocenters. The van der Waals surface area contributed by atoms with E-state index in [1.165, 1.54) is 5.56 Å². The summed E-state index contributed by atoms with van der Waals surface area (Å²) >= 11 is 0. The van der Waals surface area contributed by atoms with Crippen LogP contribution in [-0.4, -0.2) is 14.9 Å². The predicted octanol–water partition coefficient (Wildman–Crippen LogP) is 3.27. The lowest BCUT2D eigenvalue weighted by Gasteiger charge is -2.10. The van der Waals surface area contributed by atoms with Crippen LogP contribution in [0.5, 0.6) is 11.6 Å².